The molecule has 7 nitrogen and oxygen atoms in total. The number of pyridine rings is 1. The molecule has 0 amide bonds. The highest BCUT2D eigenvalue weighted by Crippen LogP contribution is 2.27. The summed E-state index contributed by atoms with van der Waals surface area (Å²) < 4.78 is 7.76. The van der Waals surface area contributed by atoms with Gasteiger partial charge in [0.1, 0.15) is 0 Å². The van der Waals surface area contributed by atoms with Gasteiger partial charge in [0.15, 0.2) is 11.0 Å². The normalized spacial score (nSPS) is 10.8. The second kappa shape index (κ2) is 7.96. The van der Waals surface area contributed by atoms with Crippen LogP contribution in [0.1, 0.15) is 5.89 Å². The number of aromatic nitrogens is 6. The molecule has 0 aliphatic carbocycles. The summed E-state index contributed by atoms with van der Waals surface area (Å²) in [6.07, 6.45) is 5.29. The molecule has 0 fully saturated rings. The van der Waals surface area contributed by atoms with Crippen molar-refractivity contribution in [2.45, 2.75) is 17.5 Å². The molecule has 0 spiro atoms. The van der Waals surface area contributed by atoms with E-state index in [0.29, 0.717) is 24.1 Å². The Morgan fingerprint density at radius 2 is 1.78 bits per heavy atom. The van der Waals surface area contributed by atoms with E-state index in [2.05, 4.69) is 32.0 Å². The largest absolute Gasteiger partial charge is 0.420 e. The monoisotopic (exact) mass is 376 g/mol. The third-order valence-corrected chi connectivity index (χ3v) is 4.73. The minimum Gasteiger partial charge on any atom is -0.420 e. The highest BCUT2D eigenvalue weighted by atomic mass is 32.2. The molecule has 0 unspecified atom stereocenters. The van der Waals surface area contributed by atoms with Crippen LogP contribution in [0.3, 0.4) is 0 Å². The molecule has 1 aromatic carbocycles. The molecule has 3 heterocycles. The first kappa shape index (κ1) is 17.2. The molecule has 27 heavy (non-hydrogen) atoms. The molecule has 4 rings (SSSR count). The standard InChI is InChI=1S/C19H16N6OS/c1-2-12-25-17(14-8-10-20-11-9-14)22-24-19(25)27-13-16-21-23-18(26-16)15-6-4-3-5-7-15/h2-11H,1,12-13H2. The van der Waals surface area contributed by atoms with Gasteiger partial charge in [-0.1, -0.05) is 36.0 Å². The second-order valence-electron chi connectivity index (χ2n) is 5.60. The van der Waals surface area contributed by atoms with Crippen LogP contribution < -0.4 is 0 Å². The number of benzene rings is 1. The fourth-order valence-electron chi connectivity index (χ4n) is 2.54. The molecule has 3 aromatic heterocycles. The fraction of sp³-hybridized carbons (Fsp3) is 0.105. The van der Waals surface area contributed by atoms with Gasteiger partial charge in [0.25, 0.3) is 0 Å². The van der Waals surface area contributed by atoms with E-state index in [0.717, 1.165) is 22.1 Å². The third-order valence-electron chi connectivity index (χ3n) is 3.78. The van der Waals surface area contributed by atoms with Gasteiger partial charge in [-0.25, -0.2) is 0 Å². The van der Waals surface area contributed by atoms with Crippen molar-refractivity contribution in [3.8, 4) is 22.8 Å². The Morgan fingerprint density at radius 3 is 2.56 bits per heavy atom. The van der Waals surface area contributed by atoms with E-state index in [9.17, 15) is 0 Å². The zero-order chi connectivity index (χ0) is 18.5. The van der Waals surface area contributed by atoms with Gasteiger partial charge in [0.2, 0.25) is 11.8 Å². The number of allylic oxidation sites excluding steroid dienone is 1. The second-order valence-corrected chi connectivity index (χ2v) is 6.54. The predicted molar refractivity (Wildman–Crippen MR) is 103 cm³/mol. The van der Waals surface area contributed by atoms with E-state index < -0.39 is 0 Å². The average molecular weight is 376 g/mol. The molecule has 0 bridgehead atoms. The summed E-state index contributed by atoms with van der Waals surface area (Å²) in [4.78, 5) is 4.05. The van der Waals surface area contributed by atoms with E-state index in [1.54, 1.807) is 12.4 Å². The van der Waals surface area contributed by atoms with Crippen LogP contribution in [0.2, 0.25) is 0 Å². The van der Waals surface area contributed by atoms with Gasteiger partial charge in [-0.05, 0) is 24.3 Å². The molecule has 0 saturated carbocycles. The highest BCUT2D eigenvalue weighted by Gasteiger charge is 2.15. The van der Waals surface area contributed by atoms with Crippen molar-refractivity contribution in [1.82, 2.24) is 29.9 Å². The molecule has 0 aliphatic rings. The van der Waals surface area contributed by atoms with Crippen molar-refractivity contribution in [3.05, 3.63) is 73.4 Å². The lowest BCUT2D eigenvalue weighted by Gasteiger charge is -2.06. The molecule has 4 aromatic rings. The highest BCUT2D eigenvalue weighted by molar-refractivity contribution is 7.98. The maximum Gasteiger partial charge on any atom is 0.247 e. The summed E-state index contributed by atoms with van der Waals surface area (Å²) in [6, 6.07) is 13.5. The summed E-state index contributed by atoms with van der Waals surface area (Å²) in [6.45, 7) is 4.43. The Balaban J connectivity index is 1.53. The van der Waals surface area contributed by atoms with Crippen LogP contribution in [-0.2, 0) is 12.3 Å². The van der Waals surface area contributed by atoms with Crippen molar-refractivity contribution in [2.75, 3.05) is 0 Å². The fourth-order valence-corrected chi connectivity index (χ4v) is 3.32. The van der Waals surface area contributed by atoms with E-state index in [1.807, 2.05) is 53.1 Å². The van der Waals surface area contributed by atoms with Gasteiger partial charge >= 0.3 is 0 Å². The van der Waals surface area contributed by atoms with E-state index in [1.165, 1.54) is 11.8 Å². The summed E-state index contributed by atoms with van der Waals surface area (Å²) in [7, 11) is 0. The molecule has 134 valence electrons. The number of hydrogen-bond acceptors (Lipinski definition) is 7. The summed E-state index contributed by atoms with van der Waals surface area (Å²) in [5.41, 5.74) is 1.85. The van der Waals surface area contributed by atoms with Crippen LogP contribution in [0.25, 0.3) is 22.8 Å². The Hall–Kier alpha value is -3.26. The van der Waals surface area contributed by atoms with Gasteiger partial charge < -0.3 is 4.42 Å². The van der Waals surface area contributed by atoms with E-state index in [4.69, 9.17) is 4.42 Å². The predicted octanol–water partition coefficient (Wildman–Crippen LogP) is 3.87. The van der Waals surface area contributed by atoms with Crippen LogP contribution >= 0.6 is 11.8 Å². The lowest BCUT2D eigenvalue weighted by Crippen LogP contribution is -2.00. The minimum absolute atomic E-state index is 0.505. The molecule has 0 aliphatic heterocycles. The average Bonchev–Trinajstić information content (AvgIpc) is 3.35. The van der Waals surface area contributed by atoms with E-state index in [-0.39, 0.29) is 0 Å². The zero-order valence-corrected chi connectivity index (χ0v) is 15.2. The first-order chi connectivity index (χ1) is 13.3. The Kier molecular flexibility index (Phi) is 5.06. The van der Waals surface area contributed by atoms with Crippen LogP contribution in [0.15, 0.2) is 77.1 Å². The van der Waals surface area contributed by atoms with Gasteiger partial charge in [0, 0.05) is 30.1 Å². The molecule has 0 N–H and O–H groups in total. The molecule has 0 saturated heterocycles. The molecule has 8 heteroatoms. The summed E-state index contributed by atoms with van der Waals surface area (Å²) in [5.74, 6) is 2.33. The van der Waals surface area contributed by atoms with Gasteiger partial charge in [-0.15, -0.1) is 27.0 Å². The Labute approximate surface area is 160 Å². The minimum atomic E-state index is 0.505. The van der Waals surface area contributed by atoms with Crippen LogP contribution in [0.4, 0.5) is 0 Å². The van der Waals surface area contributed by atoms with E-state index >= 15 is 0 Å². The molecular formula is C19H16N6OS. The lowest BCUT2D eigenvalue weighted by atomic mass is 10.2. The summed E-state index contributed by atoms with van der Waals surface area (Å²) in [5, 5.41) is 17.6. The van der Waals surface area contributed by atoms with Crippen molar-refractivity contribution in [3.63, 3.8) is 0 Å². The molecule has 0 atom stereocenters. The maximum atomic E-state index is 5.75. The van der Waals surface area contributed by atoms with Crippen molar-refractivity contribution in [2.24, 2.45) is 0 Å². The third kappa shape index (κ3) is 3.80. The number of thioether (sulfide) groups is 1. The van der Waals surface area contributed by atoms with Crippen molar-refractivity contribution < 1.29 is 4.42 Å². The topological polar surface area (TPSA) is 82.5 Å². The maximum absolute atomic E-state index is 5.75. The van der Waals surface area contributed by atoms with Gasteiger partial charge in [-0.2, -0.15) is 0 Å². The quantitative estimate of drug-likeness (QED) is 0.358. The number of nitrogens with zero attached hydrogens (tertiary/aromatic N) is 6. The smallest absolute Gasteiger partial charge is 0.247 e. The molecule has 0 radical (unpaired) electrons. The summed E-state index contributed by atoms with van der Waals surface area (Å²) >= 11 is 1.49. The van der Waals surface area contributed by atoms with Crippen molar-refractivity contribution >= 4 is 11.8 Å². The van der Waals surface area contributed by atoms with Gasteiger partial charge in [-0.3, -0.25) is 9.55 Å². The van der Waals surface area contributed by atoms with Crippen LogP contribution in [-0.4, -0.2) is 29.9 Å². The van der Waals surface area contributed by atoms with Crippen LogP contribution in [0.5, 0.6) is 0 Å². The van der Waals surface area contributed by atoms with Crippen molar-refractivity contribution in [1.29, 1.82) is 0 Å². The Bertz CT molecular complexity index is 1030. The number of rotatable bonds is 7. The zero-order valence-electron chi connectivity index (χ0n) is 14.4. The first-order valence-electron chi connectivity index (χ1n) is 8.30. The Morgan fingerprint density at radius 1 is 0.963 bits per heavy atom. The van der Waals surface area contributed by atoms with Crippen LogP contribution in [0, 0.1) is 0 Å². The first-order valence-corrected chi connectivity index (χ1v) is 9.29. The lowest BCUT2D eigenvalue weighted by molar-refractivity contribution is 0.528. The molecular weight excluding hydrogens is 360 g/mol. The SMILES string of the molecule is C=CCn1c(SCc2nnc(-c3ccccc3)o2)nnc1-c1ccncc1. The number of hydrogen-bond donors (Lipinski definition) is 0. The van der Waals surface area contributed by atoms with Gasteiger partial charge in [0.05, 0.1) is 5.75 Å².